The Hall–Kier alpha value is -3.42. The number of aliphatic carboxylic acids is 1. The maximum absolute atomic E-state index is 12.5. The van der Waals surface area contributed by atoms with Gasteiger partial charge in [-0.15, -0.1) is 11.3 Å². The lowest BCUT2D eigenvalue weighted by atomic mass is 9.91. The molecule has 0 aliphatic carbocycles. The minimum Gasteiger partial charge on any atom is -0.479 e. The van der Waals surface area contributed by atoms with Gasteiger partial charge in [0.05, 0.1) is 6.54 Å². The van der Waals surface area contributed by atoms with E-state index < -0.39 is 48.3 Å². The van der Waals surface area contributed by atoms with Gasteiger partial charge in [-0.3, -0.25) is 9.59 Å². The third kappa shape index (κ3) is 4.35. The Labute approximate surface area is 149 Å². The molecule has 14 heteroatoms. The first-order valence-electron chi connectivity index (χ1n) is 6.90. The number of carbonyl (C=O) groups excluding carboxylic acids is 3. The van der Waals surface area contributed by atoms with Crippen LogP contribution in [-0.2, 0) is 24.0 Å². The van der Waals surface area contributed by atoms with Crippen molar-refractivity contribution in [3.8, 4) is 0 Å². The van der Waals surface area contributed by atoms with Crippen LogP contribution >= 0.6 is 11.3 Å². The molecular weight excluding hydrogens is 372 g/mol. The Morgan fingerprint density at radius 1 is 1.50 bits per heavy atom. The summed E-state index contributed by atoms with van der Waals surface area (Å²) in [5, 5.41) is 18.3. The molecule has 0 radical (unpaired) electrons. The highest BCUT2D eigenvalue weighted by atomic mass is 32.1. The van der Waals surface area contributed by atoms with E-state index in [4.69, 9.17) is 16.6 Å². The van der Waals surface area contributed by atoms with E-state index in [2.05, 4.69) is 30.3 Å². The zero-order valence-electron chi connectivity index (χ0n) is 13.1. The largest absolute Gasteiger partial charge is 0.479 e. The third-order valence-electron chi connectivity index (χ3n) is 3.12. The SMILES string of the molecule is NC(=O)OCC1(NC(=O)C(=NOCC(=O)O)c2csc(N)n2)CNC1=O. The second-order valence-corrected chi connectivity index (χ2v) is 5.89. The molecule has 1 unspecified atom stereocenters. The average Bonchev–Trinajstić information content (AvgIpc) is 2.99. The van der Waals surface area contributed by atoms with Gasteiger partial charge in [-0.05, 0) is 0 Å². The van der Waals surface area contributed by atoms with Crippen molar-refractivity contribution in [1.29, 1.82) is 0 Å². The van der Waals surface area contributed by atoms with E-state index >= 15 is 0 Å². The van der Waals surface area contributed by atoms with Crippen LogP contribution in [0.3, 0.4) is 0 Å². The van der Waals surface area contributed by atoms with Gasteiger partial charge in [0.15, 0.2) is 16.4 Å². The predicted octanol–water partition coefficient (Wildman–Crippen LogP) is -2.39. The summed E-state index contributed by atoms with van der Waals surface area (Å²) < 4.78 is 4.60. The van der Waals surface area contributed by atoms with Crippen molar-refractivity contribution in [2.24, 2.45) is 10.9 Å². The van der Waals surface area contributed by atoms with Gasteiger partial charge in [-0.1, -0.05) is 5.16 Å². The van der Waals surface area contributed by atoms with Gasteiger partial charge in [0, 0.05) is 5.38 Å². The van der Waals surface area contributed by atoms with Gasteiger partial charge < -0.3 is 36.8 Å². The van der Waals surface area contributed by atoms with E-state index in [1.54, 1.807) is 0 Å². The Kier molecular flexibility index (Phi) is 5.56. The van der Waals surface area contributed by atoms with Gasteiger partial charge in [-0.25, -0.2) is 14.6 Å². The van der Waals surface area contributed by atoms with Gasteiger partial charge in [-0.2, -0.15) is 0 Å². The molecule has 1 aromatic rings. The number of anilines is 1. The molecule has 1 aliphatic rings. The van der Waals surface area contributed by atoms with Crippen molar-refractivity contribution >= 4 is 46.1 Å². The molecule has 7 N–H and O–H groups in total. The van der Waals surface area contributed by atoms with Crippen molar-refractivity contribution in [3.05, 3.63) is 11.1 Å². The Morgan fingerprint density at radius 2 is 2.23 bits per heavy atom. The number of aromatic nitrogens is 1. The number of amides is 3. The molecule has 1 aliphatic heterocycles. The lowest BCUT2D eigenvalue weighted by molar-refractivity contribution is -0.142. The smallest absolute Gasteiger partial charge is 0.404 e. The van der Waals surface area contributed by atoms with E-state index in [1.807, 2.05) is 0 Å². The normalized spacial score (nSPS) is 19.1. The number of carboxylic acid groups (broad SMARTS) is 1. The second kappa shape index (κ2) is 7.64. The minimum absolute atomic E-state index is 0.0149. The number of rotatable bonds is 8. The van der Waals surface area contributed by atoms with Crippen LogP contribution in [-0.4, -0.2) is 65.0 Å². The highest BCUT2D eigenvalue weighted by Crippen LogP contribution is 2.16. The van der Waals surface area contributed by atoms with Crippen molar-refractivity contribution in [3.63, 3.8) is 0 Å². The van der Waals surface area contributed by atoms with Crippen LogP contribution in [0.15, 0.2) is 10.5 Å². The van der Waals surface area contributed by atoms with Crippen LogP contribution in [0.25, 0.3) is 0 Å². The molecule has 2 rings (SSSR count). The molecule has 0 bridgehead atoms. The number of nitrogens with zero attached hydrogens (tertiary/aromatic N) is 2. The van der Waals surface area contributed by atoms with Crippen LogP contribution in [0.5, 0.6) is 0 Å². The van der Waals surface area contributed by atoms with Gasteiger partial charge in [0.1, 0.15) is 12.3 Å². The first-order chi connectivity index (χ1) is 12.2. The number of oxime groups is 1. The van der Waals surface area contributed by atoms with E-state index in [1.165, 1.54) is 5.38 Å². The Morgan fingerprint density at radius 3 is 2.69 bits per heavy atom. The van der Waals surface area contributed by atoms with Crippen LogP contribution in [0.2, 0.25) is 0 Å². The monoisotopic (exact) mass is 386 g/mol. The van der Waals surface area contributed by atoms with E-state index in [9.17, 15) is 19.2 Å². The van der Waals surface area contributed by atoms with E-state index in [-0.39, 0.29) is 17.4 Å². The topological polar surface area (TPSA) is 208 Å². The molecule has 0 saturated carbocycles. The molecule has 140 valence electrons. The number of carbonyl (C=O) groups is 4. The van der Waals surface area contributed by atoms with Crippen molar-refractivity contribution in [2.75, 3.05) is 25.5 Å². The number of ether oxygens (including phenoxy) is 1. The molecule has 1 aromatic heterocycles. The van der Waals surface area contributed by atoms with Crippen molar-refractivity contribution in [2.45, 2.75) is 5.54 Å². The van der Waals surface area contributed by atoms with Gasteiger partial charge in [0.2, 0.25) is 6.61 Å². The Balaban J connectivity index is 2.20. The number of thiazole rings is 1. The predicted molar refractivity (Wildman–Crippen MR) is 86.1 cm³/mol. The zero-order valence-corrected chi connectivity index (χ0v) is 13.9. The van der Waals surface area contributed by atoms with Crippen LogP contribution in [0.1, 0.15) is 5.69 Å². The summed E-state index contributed by atoms with van der Waals surface area (Å²) in [5.41, 5.74) is 8.46. The molecule has 13 nitrogen and oxygen atoms in total. The number of nitrogen functional groups attached to an aromatic ring is 1. The number of hydrogen-bond donors (Lipinski definition) is 5. The van der Waals surface area contributed by atoms with Crippen LogP contribution < -0.4 is 22.1 Å². The zero-order chi connectivity index (χ0) is 19.3. The number of primary amides is 1. The first-order valence-corrected chi connectivity index (χ1v) is 7.77. The second-order valence-electron chi connectivity index (χ2n) is 5.00. The number of hydrogen-bond acceptors (Lipinski definition) is 10. The standard InChI is InChI=1S/C12H14N6O7S/c13-10-16-5(2-26-10)7(18-25-1-6(19)20)8(21)17-12(3-15-9(12)22)4-24-11(14)23/h2H,1,3-4H2,(H2,13,16)(H2,14,23)(H,15,22)(H,17,21)(H,19,20). The molecule has 26 heavy (non-hydrogen) atoms. The number of nitrogens with two attached hydrogens (primary N) is 2. The first kappa shape index (κ1) is 18.9. The highest BCUT2D eigenvalue weighted by Gasteiger charge is 2.49. The molecule has 1 saturated heterocycles. The number of β-lactam (4-membered cyclic amide) rings is 1. The molecule has 1 atom stereocenters. The number of nitrogens with one attached hydrogen (secondary N) is 2. The molecule has 3 amide bonds. The van der Waals surface area contributed by atoms with Gasteiger partial charge in [0.25, 0.3) is 11.8 Å². The Bertz CT molecular complexity index is 778. The highest BCUT2D eigenvalue weighted by molar-refractivity contribution is 7.13. The summed E-state index contributed by atoms with van der Waals surface area (Å²) in [4.78, 5) is 54.1. The van der Waals surface area contributed by atoms with Crippen molar-refractivity contribution in [1.82, 2.24) is 15.6 Å². The minimum atomic E-state index is -1.54. The van der Waals surface area contributed by atoms with E-state index in [0.717, 1.165) is 11.3 Å². The maximum Gasteiger partial charge on any atom is 0.404 e. The third-order valence-corrected chi connectivity index (χ3v) is 3.80. The van der Waals surface area contributed by atoms with Crippen LogP contribution in [0, 0.1) is 0 Å². The summed E-state index contributed by atoms with van der Waals surface area (Å²) in [7, 11) is 0. The summed E-state index contributed by atoms with van der Waals surface area (Å²) in [6.45, 7) is -1.32. The lowest BCUT2D eigenvalue weighted by Crippen LogP contribution is -2.76. The summed E-state index contributed by atoms with van der Waals surface area (Å²) in [6.07, 6.45) is -1.12. The molecule has 2 heterocycles. The summed E-state index contributed by atoms with van der Waals surface area (Å²) >= 11 is 1.01. The summed E-state index contributed by atoms with van der Waals surface area (Å²) in [5.74, 6) is -2.82. The fraction of sp³-hybridized carbons (Fsp3) is 0.333. The summed E-state index contributed by atoms with van der Waals surface area (Å²) in [6, 6.07) is 0. The molecule has 1 fully saturated rings. The fourth-order valence-corrected chi connectivity index (χ4v) is 2.40. The number of carboxylic acids is 1. The van der Waals surface area contributed by atoms with E-state index in [0.29, 0.717) is 0 Å². The van der Waals surface area contributed by atoms with Gasteiger partial charge >= 0.3 is 12.1 Å². The maximum atomic E-state index is 12.5. The molecule has 0 aromatic carbocycles. The quantitative estimate of drug-likeness (QED) is 0.183. The molecular formula is C12H14N6O7S. The van der Waals surface area contributed by atoms with Crippen LogP contribution in [0.4, 0.5) is 9.93 Å². The molecule has 0 spiro atoms. The lowest BCUT2D eigenvalue weighted by Gasteiger charge is -2.40. The van der Waals surface area contributed by atoms with Crippen molar-refractivity contribution < 1.29 is 33.9 Å². The fourth-order valence-electron chi connectivity index (χ4n) is 1.85. The average molecular weight is 386 g/mol.